The Morgan fingerprint density at radius 3 is 3.00 bits per heavy atom. The van der Waals surface area contributed by atoms with Gasteiger partial charge in [-0.2, -0.15) is 0 Å². The fourth-order valence-electron chi connectivity index (χ4n) is 1.29. The number of pyridine rings is 1. The van der Waals surface area contributed by atoms with Crippen molar-refractivity contribution in [1.29, 1.82) is 0 Å². The lowest BCUT2D eigenvalue weighted by molar-refractivity contribution is -0.126. The summed E-state index contributed by atoms with van der Waals surface area (Å²) in [5.74, 6) is -0.190. The molecule has 0 aliphatic carbocycles. The van der Waals surface area contributed by atoms with Crippen LogP contribution >= 0.6 is 11.6 Å². The van der Waals surface area contributed by atoms with Crippen molar-refractivity contribution in [3.63, 3.8) is 0 Å². The molecule has 1 aromatic rings. The summed E-state index contributed by atoms with van der Waals surface area (Å²) in [6.07, 6.45) is 3.66. The molecule has 0 aliphatic rings. The summed E-state index contributed by atoms with van der Waals surface area (Å²) in [4.78, 5) is 15.4. The number of aromatic nitrogens is 1. The van der Waals surface area contributed by atoms with E-state index in [4.69, 9.17) is 11.6 Å². The molecule has 1 atom stereocenters. The molecule has 0 aliphatic heterocycles. The molecule has 0 spiro atoms. The summed E-state index contributed by atoms with van der Waals surface area (Å²) >= 11 is 5.85. The zero-order valence-corrected chi connectivity index (χ0v) is 9.37. The Morgan fingerprint density at radius 2 is 2.40 bits per heavy atom. The van der Waals surface area contributed by atoms with Crippen LogP contribution in [0.3, 0.4) is 0 Å². The molecule has 15 heavy (non-hydrogen) atoms. The molecule has 1 heterocycles. The Bertz CT molecular complexity index is 341. The van der Waals surface area contributed by atoms with Crippen LogP contribution in [0.2, 0.25) is 5.02 Å². The molecule has 0 radical (unpaired) electrons. The Morgan fingerprint density at radius 1 is 1.67 bits per heavy atom. The summed E-state index contributed by atoms with van der Waals surface area (Å²) < 4.78 is 0. The first-order valence-electron chi connectivity index (χ1n) is 4.94. The van der Waals surface area contributed by atoms with Crippen LogP contribution in [-0.2, 0) is 11.2 Å². The summed E-state index contributed by atoms with van der Waals surface area (Å²) in [5.41, 5.74) is 0.715. The van der Waals surface area contributed by atoms with Crippen molar-refractivity contribution in [1.82, 2.24) is 4.98 Å². The highest BCUT2D eigenvalue weighted by Crippen LogP contribution is 2.15. The number of aliphatic hydroxyl groups is 1. The van der Waals surface area contributed by atoms with Gasteiger partial charge in [-0.15, -0.1) is 0 Å². The van der Waals surface area contributed by atoms with E-state index < -0.39 is 6.10 Å². The molecule has 1 aromatic heterocycles. The van der Waals surface area contributed by atoms with E-state index in [1.165, 1.54) is 6.20 Å². The monoisotopic (exact) mass is 227 g/mol. The maximum absolute atomic E-state index is 11.5. The lowest BCUT2D eigenvalue weighted by Gasteiger charge is -2.08. The highest BCUT2D eigenvalue weighted by Gasteiger charge is 2.15. The first kappa shape index (κ1) is 12.1. The van der Waals surface area contributed by atoms with E-state index in [2.05, 4.69) is 4.98 Å². The normalized spacial score (nSPS) is 12.5. The van der Waals surface area contributed by atoms with Crippen LogP contribution in [0, 0.1) is 0 Å². The molecule has 0 saturated heterocycles. The number of halogens is 1. The lowest BCUT2D eigenvalue weighted by atomic mass is 10.0. The molecule has 0 bridgehead atoms. The largest absolute Gasteiger partial charge is 0.385 e. The number of hydrogen-bond acceptors (Lipinski definition) is 3. The lowest BCUT2D eigenvalue weighted by Crippen LogP contribution is -2.22. The van der Waals surface area contributed by atoms with E-state index in [0.29, 0.717) is 17.0 Å². The van der Waals surface area contributed by atoms with Crippen LogP contribution in [0.5, 0.6) is 0 Å². The predicted molar refractivity (Wildman–Crippen MR) is 58.9 cm³/mol. The van der Waals surface area contributed by atoms with Crippen molar-refractivity contribution in [3.8, 4) is 0 Å². The van der Waals surface area contributed by atoms with Gasteiger partial charge < -0.3 is 5.11 Å². The van der Waals surface area contributed by atoms with E-state index in [1.54, 1.807) is 12.3 Å². The zero-order valence-electron chi connectivity index (χ0n) is 8.61. The summed E-state index contributed by atoms with van der Waals surface area (Å²) in [6.45, 7) is 1.93. The number of Topliss-reactive ketones (excluding diaryl/α,β-unsaturated/α-hetero) is 1. The van der Waals surface area contributed by atoms with Gasteiger partial charge in [0.15, 0.2) is 5.78 Å². The van der Waals surface area contributed by atoms with Gasteiger partial charge in [-0.3, -0.25) is 9.78 Å². The number of ketones is 1. The fourth-order valence-corrected chi connectivity index (χ4v) is 1.47. The molecule has 0 fully saturated rings. The predicted octanol–water partition coefficient (Wildman–Crippen LogP) is 2.01. The Labute approximate surface area is 94.1 Å². The third-order valence-electron chi connectivity index (χ3n) is 2.15. The third-order valence-corrected chi connectivity index (χ3v) is 2.50. The smallest absolute Gasteiger partial charge is 0.165 e. The quantitative estimate of drug-likeness (QED) is 0.837. The summed E-state index contributed by atoms with van der Waals surface area (Å²) in [5, 5.41) is 9.93. The second kappa shape index (κ2) is 5.83. The Kier molecular flexibility index (Phi) is 4.72. The van der Waals surface area contributed by atoms with Gasteiger partial charge in [0.1, 0.15) is 6.10 Å². The van der Waals surface area contributed by atoms with E-state index in [9.17, 15) is 9.90 Å². The molecule has 4 heteroatoms. The second-order valence-corrected chi connectivity index (χ2v) is 3.82. The molecular formula is C11H14ClNO2. The average molecular weight is 228 g/mol. The van der Waals surface area contributed by atoms with E-state index in [1.807, 2.05) is 6.92 Å². The Hall–Kier alpha value is -0.930. The molecule has 82 valence electrons. The molecule has 1 N–H and O–H groups in total. The van der Waals surface area contributed by atoms with Crippen LogP contribution < -0.4 is 0 Å². The van der Waals surface area contributed by atoms with Gasteiger partial charge in [0.25, 0.3) is 0 Å². The van der Waals surface area contributed by atoms with Gasteiger partial charge in [0.2, 0.25) is 0 Å². The molecule has 0 aromatic carbocycles. The number of carbonyl (C=O) groups excluding carboxylic acids is 1. The van der Waals surface area contributed by atoms with Gasteiger partial charge in [-0.1, -0.05) is 24.9 Å². The average Bonchev–Trinajstić information content (AvgIpc) is 2.21. The number of rotatable bonds is 5. The minimum atomic E-state index is -0.876. The van der Waals surface area contributed by atoms with E-state index in [-0.39, 0.29) is 12.2 Å². The molecule has 0 saturated carbocycles. The topological polar surface area (TPSA) is 50.2 Å². The van der Waals surface area contributed by atoms with Crippen LogP contribution in [0.4, 0.5) is 0 Å². The Balaban J connectivity index is 2.62. The summed E-state index contributed by atoms with van der Waals surface area (Å²) in [7, 11) is 0. The van der Waals surface area contributed by atoms with Gasteiger partial charge in [0, 0.05) is 18.8 Å². The number of nitrogens with zero attached hydrogens (tertiary/aromatic N) is 1. The van der Waals surface area contributed by atoms with Crippen molar-refractivity contribution in [2.24, 2.45) is 0 Å². The van der Waals surface area contributed by atoms with Crippen molar-refractivity contribution in [3.05, 3.63) is 29.0 Å². The fraction of sp³-hybridized carbons (Fsp3) is 0.455. The maximum atomic E-state index is 11.5. The van der Waals surface area contributed by atoms with Crippen LogP contribution in [0.15, 0.2) is 18.5 Å². The minimum absolute atomic E-state index is 0.169. The molecule has 1 unspecified atom stereocenters. The van der Waals surface area contributed by atoms with Crippen molar-refractivity contribution >= 4 is 17.4 Å². The van der Waals surface area contributed by atoms with E-state index in [0.717, 1.165) is 6.42 Å². The number of aliphatic hydroxyl groups excluding tert-OH is 1. The van der Waals surface area contributed by atoms with Crippen molar-refractivity contribution < 1.29 is 9.90 Å². The van der Waals surface area contributed by atoms with Crippen molar-refractivity contribution in [2.45, 2.75) is 32.3 Å². The third kappa shape index (κ3) is 3.61. The maximum Gasteiger partial charge on any atom is 0.165 e. The van der Waals surface area contributed by atoms with Gasteiger partial charge in [-0.05, 0) is 18.1 Å². The van der Waals surface area contributed by atoms with Gasteiger partial charge >= 0.3 is 0 Å². The number of carbonyl (C=O) groups is 1. The highest BCUT2D eigenvalue weighted by molar-refractivity contribution is 6.31. The van der Waals surface area contributed by atoms with Crippen LogP contribution in [0.25, 0.3) is 0 Å². The first-order valence-corrected chi connectivity index (χ1v) is 5.32. The molecule has 1 rings (SSSR count). The minimum Gasteiger partial charge on any atom is -0.385 e. The molecular weight excluding hydrogens is 214 g/mol. The second-order valence-electron chi connectivity index (χ2n) is 3.41. The van der Waals surface area contributed by atoms with Crippen LogP contribution in [-0.4, -0.2) is 22.0 Å². The van der Waals surface area contributed by atoms with Crippen LogP contribution in [0.1, 0.15) is 25.3 Å². The summed E-state index contributed by atoms with van der Waals surface area (Å²) in [6, 6.07) is 1.69. The first-order chi connectivity index (χ1) is 7.15. The van der Waals surface area contributed by atoms with E-state index >= 15 is 0 Å². The highest BCUT2D eigenvalue weighted by atomic mass is 35.5. The standard InChI is InChI=1S/C11H14ClNO2/c1-2-3-10(14)11(15)6-8-4-5-13-7-9(8)12/h4-5,7,10,14H,2-3,6H2,1H3. The van der Waals surface area contributed by atoms with Gasteiger partial charge in [0.05, 0.1) is 5.02 Å². The van der Waals surface area contributed by atoms with Crippen molar-refractivity contribution in [2.75, 3.05) is 0 Å². The number of hydrogen-bond donors (Lipinski definition) is 1. The zero-order chi connectivity index (χ0) is 11.3. The SMILES string of the molecule is CCCC(O)C(=O)Cc1ccncc1Cl. The molecule has 0 amide bonds. The van der Waals surface area contributed by atoms with Gasteiger partial charge in [-0.25, -0.2) is 0 Å². The molecule has 3 nitrogen and oxygen atoms in total.